The molecule has 1 heterocycles. The molecule has 0 bridgehead atoms. The Labute approximate surface area is 232 Å². The number of hydrogen-bond donors (Lipinski definition) is 3. The predicted octanol–water partition coefficient (Wildman–Crippen LogP) is 7.03. The van der Waals surface area contributed by atoms with Crippen LogP contribution in [0.15, 0.2) is 101 Å². The van der Waals surface area contributed by atoms with E-state index < -0.39 is 11.9 Å². The Morgan fingerprint density at radius 3 is 2.28 bits per heavy atom. The highest BCUT2D eigenvalue weighted by Crippen LogP contribution is 2.30. The molecular weight excluding hydrogens is 530 g/mol. The summed E-state index contributed by atoms with van der Waals surface area (Å²) in [4.78, 5) is 42.2. The lowest BCUT2D eigenvalue weighted by molar-refractivity contribution is -0.115. The molecule has 7 nitrogen and oxygen atoms in total. The largest absolute Gasteiger partial charge is 0.478 e. The molecule has 0 saturated carbocycles. The Morgan fingerprint density at radius 1 is 0.846 bits per heavy atom. The summed E-state index contributed by atoms with van der Waals surface area (Å²) in [6.07, 6.45) is 0. The number of aromatic carboxylic acids is 1. The highest BCUT2D eigenvalue weighted by molar-refractivity contribution is 8.00. The number of thiazole rings is 1. The number of nitrogens with one attached hydrogen (secondary N) is 2. The Morgan fingerprint density at radius 2 is 1.54 bits per heavy atom. The number of benzene rings is 4. The van der Waals surface area contributed by atoms with Crippen LogP contribution in [0, 0.1) is 0 Å². The van der Waals surface area contributed by atoms with Crippen molar-refractivity contribution in [3.8, 4) is 11.3 Å². The van der Waals surface area contributed by atoms with Gasteiger partial charge in [-0.2, -0.15) is 0 Å². The first kappa shape index (κ1) is 26.1. The van der Waals surface area contributed by atoms with Crippen LogP contribution < -0.4 is 10.6 Å². The molecule has 4 aromatic carbocycles. The molecule has 5 rings (SSSR count). The molecule has 0 spiro atoms. The van der Waals surface area contributed by atoms with E-state index in [1.54, 1.807) is 36.4 Å². The van der Waals surface area contributed by atoms with Crippen molar-refractivity contribution in [2.75, 3.05) is 10.6 Å². The molecule has 0 aliphatic carbocycles. The maximum Gasteiger partial charge on any atom is 0.336 e. The first-order chi connectivity index (χ1) is 18.9. The highest BCUT2D eigenvalue weighted by Gasteiger charge is 2.18. The third-order valence-corrected chi connectivity index (χ3v) is 7.85. The summed E-state index contributed by atoms with van der Waals surface area (Å²) < 4.78 is 0. The average molecular weight is 554 g/mol. The standard InChI is InChI=1S/C30H23N3O4S2/c1-18(27(34)33-30-32-26(17-38-30)21-11-10-19-6-2-3-7-20(19)16-21)39-23-14-12-22(13-15-23)31-28(35)24-8-4-5-9-25(24)29(36)37/h2-18H,1H3,(H,31,35)(H,36,37)(H,32,33,34). The lowest BCUT2D eigenvalue weighted by atomic mass is 10.1. The van der Waals surface area contributed by atoms with Gasteiger partial charge in [0, 0.05) is 21.5 Å². The smallest absolute Gasteiger partial charge is 0.336 e. The average Bonchev–Trinajstić information content (AvgIpc) is 3.42. The molecule has 1 unspecified atom stereocenters. The molecule has 3 N–H and O–H groups in total. The zero-order valence-electron chi connectivity index (χ0n) is 20.8. The Kier molecular flexibility index (Phi) is 7.72. The minimum Gasteiger partial charge on any atom is -0.478 e. The van der Waals surface area contributed by atoms with Crippen LogP contribution in [-0.4, -0.2) is 33.1 Å². The summed E-state index contributed by atoms with van der Waals surface area (Å²) >= 11 is 2.76. The zero-order chi connectivity index (χ0) is 27.4. The predicted molar refractivity (Wildman–Crippen MR) is 157 cm³/mol. The molecule has 1 atom stereocenters. The SMILES string of the molecule is CC(Sc1ccc(NC(=O)c2ccccc2C(=O)O)cc1)C(=O)Nc1nc(-c2ccc3ccccc3c2)cs1. The maximum absolute atomic E-state index is 12.8. The van der Waals surface area contributed by atoms with E-state index in [1.165, 1.54) is 35.2 Å². The number of thioether (sulfide) groups is 1. The Bertz CT molecular complexity index is 1680. The van der Waals surface area contributed by atoms with Crippen LogP contribution in [-0.2, 0) is 4.79 Å². The van der Waals surface area contributed by atoms with E-state index in [0.29, 0.717) is 10.8 Å². The van der Waals surface area contributed by atoms with Crippen molar-refractivity contribution in [2.24, 2.45) is 0 Å². The molecule has 194 valence electrons. The molecule has 0 aliphatic rings. The van der Waals surface area contributed by atoms with E-state index in [1.807, 2.05) is 30.5 Å². The second-order valence-electron chi connectivity index (χ2n) is 8.68. The third-order valence-electron chi connectivity index (χ3n) is 5.98. The van der Waals surface area contributed by atoms with Crippen LogP contribution in [0.3, 0.4) is 0 Å². The molecule has 2 amide bonds. The molecule has 0 saturated heterocycles. The van der Waals surface area contributed by atoms with Crippen LogP contribution in [0.25, 0.3) is 22.0 Å². The van der Waals surface area contributed by atoms with Crippen molar-refractivity contribution >= 4 is 62.5 Å². The second-order valence-corrected chi connectivity index (χ2v) is 11.0. The van der Waals surface area contributed by atoms with E-state index in [0.717, 1.165) is 26.9 Å². The maximum atomic E-state index is 12.8. The highest BCUT2D eigenvalue weighted by atomic mass is 32.2. The Balaban J connectivity index is 1.18. The van der Waals surface area contributed by atoms with Gasteiger partial charge in [0.1, 0.15) is 0 Å². The Hall–Kier alpha value is -4.47. The molecule has 0 fully saturated rings. The van der Waals surface area contributed by atoms with Crippen molar-refractivity contribution in [3.63, 3.8) is 0 Å². The first-order valence-corrected chi connectivity index (χ1v) is 13.8. The number of carboxylic acid groups (broad SMARTS) is 1. The van der Waals surface area contributed by atoms with Gasteiger partial charge in [0.15, 0.2) is 5.13 Å². The minimum atomic E-state index is -1.16. The fraction of sp³-hybridized carbons (Fsp3) is 0.0667. The van der Waals surface area contributed by atoms with Crippen LogP contribution in [0.4, 0.5) is 10.8 Å². The number of carbonyl (C=O) groups excluding carboxylic acids is 2. The number of fused-ring (bicyclic) bond motifs is 1. The van der Waals surface area contributed by atoms with Crippen LogP contribution in [0.2, 0.25) is 0 Å². The van der Waals surface area contributed by atoms with Crippen LogP contribution in [0.1, 0.15) is 27.6 Å². The fourth-order valence-corrected chi connectivity index (χ4v) is 5.55. The van der Waals surface area contributed by atoms with Crippen molar-refractivity contribution in [1.29, 1.82) is 0 Å². The van der Waals surface area contributed by atoms with E-state index in [2.05, 4.69) is 39.9 Å². The van der Waals surface area contributed by atoms with Crippen LogP contribution in [0.5, 0.6) is 0 Å². The number of rotatable bonds is 8. The molecule has 0 aliphatic heterocycles. The molecular formula is C30H23N3O4S2. The van der Waals surface area contributed by atoms with Crippen molar-refractivity contribution in [3.05, 3.63) is 108 Å². The van der Waals surface area contributed by atoms with Crippen molar-refractivity contribution < 1.29 is 19.5 Å². The molecule has 5 aromatic rings. The summed E-state index contributed by atoms with van der Waals surface area (Å²) in [7, 11) is 0. The molecule has 39 heavy (non-hydrogen) atoms. The number of nitrogens with zero attached hydrogens (tertiary/aromatic N) is 1. The fourth-order valence-electron chi connectivity index (χ4n) is 3.96. The van der Waals surface area contributed by atoms with Gasteiger partial charge in [0.2, 0.25) is 5.91 Å². The van der Waals surface area contributed by atoms with Crippen LogP contribution >= 0.6 is 23.1 Å². The number of amides is 2. The van der Waals surface area contributed by atoms with Crippen molar-refractivity contribution in [2.45, 2.75) is 17.1 Å². The van der Waals surface area contributed by atoms with Gasteiger partial charge in [-0.1, -0.05) is 48.5 Å². The molecule has 1 aromatic heterocycles. The van der Waals surface area contributed by atoms with Gasteiger partial charge in [0.25, 0.3) is 5.91 Å². The lowest BCUT2D eigenvalue weighted by Crippen LogP contribution is -2.22. The van der Waals surface area contributed by atoms with Gasteiger partial charge in [-0.3, -0.25) is 9.59 Å². The number of hydrogen-bond acceptors (Lipinski definition) is 6. The van der Waals surface area contributed by atoms with Crippen molar-refractivity contribution in [1.82, 2.24) is 4.98 Å². The first-order valence-electron chi connectivity index (χ1n) is 12.0. The molecule has 0 radical (unpaired) electrons. The quantitative estimate of drug-likeness (QED) is 0.178. The normalized spacial score (nSPS) is 11.6. The topological polar surface area (TPSA) is 108 Å². The number of aromatic nitrogens is 1. The van der Waals surface area contributed by atoms with Gasteiger partial charge in [-0.15, -0.1) is 23.1 Å². The number of anilines is 2. The molecule has 9 heteroatoms. The van der Waals surface area contributed by atoms with E-state index >= 15 is 0 Å². The summed E-state index contributed by atoms with van der Waals surface area (Å²) in [5.41, 5.74) is 2.34. The van der Waals surface area contributed by atoms with E-state index in [-0.39, 0.29) is 22.3 Å². The van der Waals surface area contributed by atoms with Gasteiger partial charge in [0.05, 0.1) is 22.1 Å². The van der Waals surface area contributed by atoms with Gasteiger partial charge in [-0.25, -0.2) is 9.78 Å². The minimum absolute atomic E-state index is 0.0633. The number of carboxylic acids is 1. The summed E-state index contributed by atoms with van der Waals surface area (Å²) in [6, 6.07) is 27.4. The van der Waals surface area contributed by atoms with Gasteiger partial charge < -0.3 is 15.7 Å². The second kappa shape index (κ2) is 11.5. The summed E-state index contributed by atoms with van der Waals surface area (Å²) in [5, 5.41) is 19.3. The zero-order valence-corrected chi connectivity index (χ0v) is 22.4. The van der Waals surface area contributed by atoms with Gasteiger partial charge >= 0.3 is 5.97 Å². The summed E-state index contributed by atoms with van der Waals surface area (Å²) in [5.74, 6) is -1.84. The third kappa shape index (κ3) is 6.17. The monoisotopic (exact) mass is 553 g/mol. The van der Waals surface area contributed by atoms with E-state index in [4.69, 9.17) is 0 Å². The van der Waals surface area contributed by atoms with Gasteiger partial charge in [-0.05, 0) is 60.2 Å². The summed E-state index contributed by atoms with van der Waals surface area (Å²) in [6.45, 7) is 1.82. The van der Waals surface area contributed by atoms with E-state index in [9.17, 15) is 19.5 Å². The number of carbonyl (C=O) groups is 3. The lowest BCUT2D eigenvalue weighted by Gasteiger charge is -2.12.